The Morgan fingerprint density at radius 3 is 2.21 bits per heavy atom. The molecule has 1 N–H and O–H groups in total. The summed E-state index contributed by atoms with van der Waals surface area (Å²) in [6, 6.07) is 0. The average molecular weight is 197 g/mol. The summed E-state index contributed by atoms with van der Waals surface area (Å²) in [7, 11) is 0. The maximum atomic E-state index is 11.7. The van der Waals surface area contributed by atoms with E-state index < -0.39 is 0 Å². The topological polar surface area (TPSA) is 57.6 Å². The van der Waals surface area contributed by atoms with E-state index in [-0.39, 0.29) is 36.8 Å². The lowest BCUT2D eigenvalue weighted by Crippen LogP contribution is -2.34. The minimum absolute atomic E-state index is 0.0709. The molecule has 0 radical (unpaired) electrons. The number of fused-ring (bicyclic) bond motifs is 1. The highest BCUT2D eigenvalue weighted by Crippen LogP contribution is 2.42. The number of aliphatic hydroxyl groups excluding tert-OH is 1. The summed E-state index contributed by atoms with van der Waals surface area (Å²) in [5.41, 5.74) is 0. The van der Waals surface area contributed by atoms with E-state index >= 15 is 0 Å². The number of nitrogens with zero attached hydrogens (tertiary/aromatic N) is 1. The Morgan fingerprint density at radius 1 is 1.29 bits per heavy atom. The minimum Gasteiger partial charge on any atom is -0.395 e. The van der Waals surface area contributed by atoms with Gasteiger partial charge in [0.2, 0.25) is 11.8 Å². The van der Waals surface area contributed by atoms with Gasteiger partial charge in [-0.25, -0.2) is 0 Å². The molecule has 1 saturated carbocycles. The van der Waals surface area contributed by atoms with Gasteiger partial charge < -0.3 is 5.11 Å². The molecule has 1 heterocycles. The number of rotatable bonds is 2. The molecule has 1 aliphatic heterocycles. The van der Waals surface area contributed by atoms with E-state index in [1.165, 1.54) is 4.90 Å². The number of hydrogen-bond donors (Lipinski definition) is 1. The van der Waals surface area contributed by atoms with Crippen LogP contribution in [0, 0.1) is 17.8 Å². The Morgan fingerprint density at radius 2 is 1.79 bits per heavy atom. The molecular formula is C10H15NO3. The summed E-state index contributed by atoms with van der Waals surface area (Å²) in [5.74, 6) is 0.152. The molecule has 78 valence electrons. The molecule has 2 unspecified atom stereocenters. The van der Waals surface area contributed by atoms with Gasteiger partial charge in [0.25, 0.3) is 0 Å². The van der Waals surface area contributed by atoms with Gasteiger partial charge in [0, 0.05) is 0 Å². The van der Waals surface area contributed by atoms with Crippen LogP contribution in [0.25, 0.3) is 0 Å². The zero-order valence-electron chi connectivity index (χ0n) is 8.27. The van der Waals surface area contributed by atoms with Crippen molar-refractivity contribution < 1.29 is 14.7 Å². The van der Waals surface area contributed by atoms with Gasteiger partial charge in [0.15, 0.2) is 0 Å². The van der Waals surface area contributed by atoms with Gasteiger partial charge >= 0.3 is 0 Å². The van der Waals surface area contributed by atoms with E-state index in [0.29, 0.717) is 5.92 Å². The molecule has 1 saturated heterocycles. The van der Waals surface area contributed by atoms with Crippen LogP contribution >= 0.6 is 0 Å². The minimum atomic E-state index is -0.132. The lowest BCUT2D eigenvalue weighted by atomic mass is 10.00. The first-order valence-electron chi connectivity index (χ1n) is 5.11. The van der Waals surface area contributed by atoms with Gasteiger partial charge in [-0.3, -0.25) is 14.5 Å². The van der Waals surface area contributed by atoms with Crippen LogP contribution in [0.5, 0.6) is 0 Å². The second-order valence-corrected chi connectivity index (χ2v) is 4.34. The van der Waals surface area contributed by atoms with Crippen LogP contribution in [-0.4, -0.2) is 35.0 Å². The molecule has 0 bridgehead atoms. The lowest BCUT2D eigenvalue weighted by Gasteiger charge is -2.14. The van der Waals surface area contributed by atoms with Gasteiger partial charge in [0.05, 0.1) is 25.0 Å². The van der Waals surface area contributed by atoms with E-state index in [1.54, 1.807) is 0 Å². The van der Waals surface area contributed by atoms with Crippen molar-refractivity contribution in [2.75, 3.05) is 13.2 Å². The number of imide groups is 1. The first-order valence-corrected chi connectivity index (χ1v) is 5.11. The molecule has 0 spiro atoms. The van der Waals surface area contributed by atoms with Crippen LogP contribution in [0.3, 0.4) is 0 Å². The Bertz CT molecular complexity index is 253. The van der Waals surface area contributed by atoms with Crippen LogP contribution in [0.4, 0.5) is 0 Å². The third kappa shape index (κ3) is 1.25. The number of aliphatic hydroxyl groups is 1. The highest BCUT2D eigenvalue weighted by molar-refractivity contribution is 6.05. The smallest absolute Gasteiger partial charge is 0.233 e. The number of amides is 2. The van der Waals surface area contributed by atoms with Gasteiger partial charge in [-0.2, -0.15) is 0 Å². The fourth-order valence-corrected chi connectivity index (χ4v) is 2.67. The van der Waals surface area contributed by atoms with Crippen molar-refractivity contribution in [2.24, 2.45) is 17.8 Å². The standard InChI is InChI=1S/C10H15NO3/c1-6-4-7-8(5-6)10(14)11(2-3-12)9(7)13/h6-8,12H,2-5H2,1H3. The molecule has 2 fully saturated rings. The fraction of sp³-hybridized carbons (Fsp3) is 0.800. The van der Waals surface area contributed by atoms with E-state index in [0.717, 1.165) is 12.8 Å². The number of carbonyl (C=O) groups excluding carboxylic acids is 2. The van der Waals surface area contributed by atoms with Crippen molar-refractivity contribution in [3.05, 3.63) is 0 Å². The van der Waals surface area contributed by atoms with Crippen molar-refractivity contribution in [3.8, 4) is 0 Å². The SMILES string of the molecule is CC1CC2C(=O)N(CCO)C(=O)C2C1. The predicted octanol–water partition coefficient (Wildman–Crippen LogP) is 0.00980. The lowest BCUT2D eigenvalue weighted by molar-refractivity contribution is -0.141. The third-order valence-electron chi connectivity index (χ3n) is 3.29. The Labute approximate surface area is 82.9 Å². The van der Waals surface area contributed by atoms with Gasteiger partial charge in [0.1, 0.15) is 0 Å². The van der Waals surface area contributed by atoms with Crippen LogP contribution in [-0.2, 0) is 9.59 Å². The van der Waals surface area contributed by atoms with Crippen LogP contribution < -0.4 is 0 Å². The Kier molecular flexibility index (Phi) is 2.31. The molecule has 0 aromatic heterocycles. The predicted molar refractivity (Wildman–Crippen MR) is 49.2 cm³/mol. The fourth-order valence-electron chi connectivity index (χ4n) is 2.67. The van der Waals surface area contributed by atoms with E-state index in [9.17, 15) is 9.59 Å². The second kappa shape index (κ2) is 3.35. The van der Waals surface area contributed by atoms with Crippen molar-refractivity contribution >= 4 is 11.8 Å². The number of carbonyl (C=O) groups is 2. The average Bonchev–Trinajstić information content (AvgIpc) is 2.61. The summed E-state index contributed by atoms with van der Waals surface area (Å²) in [6.45, 7) is 2.11. The number of hydrogen-bond acceptors (Lipinski definition) is 3. The van der Waals surface area contributed by atoms with Gasteiger partial charge in [-0.05, 0) is 18.8 Å². The largest absolute Gasteiger partial charge is 0.395 e. The van der Waals surface area contributed by atoms with E-state index in [4.69, 9.17) is 5.11 Å². The van der Waals surface area contributed by atoms with E-state index in [2.05, 4.69) is 6.92 Å². The quantitative estimate of drug-likeness (QED) is 0.634. The molecule has 14 heavy (non-hydrogen) atoms. The molecule has 2 amide bonds. The molecule has 1 aliphatic carbocycles. The molecule has 2 atom stereocenters. The zero-order chi connectivity index (χ0) is 10.3. The molecule has 4 heteroatoms. The van der Waals surface area contributed by atoms with Gasteiger partial charge in [-0.15, -0.1) is 0 Å². The van der Waals surface area contributed by atoms with E-state index in [1.807, 2.05) is 0 Å². The van der Waals surface area contributed by atoms with Crippen molar-refractivity contribution in [1.29, 1.82) is 0 Å². The molecular weight excluding hydrogens is 182 g/mol. The van der Waals surface area contributed by atoms with Crippen molar-refractivity contribution in [2.45, 2.75) is 19.8 Å². The summed E-state index contributed by atoms with van der Waals surface area (Å²) in [5, 5.41) is 8.73. The van der Waals surface area contributed by atoms with Crippen LogP contribution in [0.2, 0.25) is 0 Å². The molecule has 0 aromatic rings. The van der Waals surface area contributed by atoms with Crippen molar-refractivity contribution in [3.63, 3.8) is 0 Å². The molecule has 2 rings (SSSR count). The van der Waals surface area contributed by atoms with Crippen molar-refractivity contribution in [1.82, 2.24) is 4.90 Å². The highest BCUT2D eigenvalue weighted by atomic mass is 16.3. The highest BCUT2D eigenvalue weighted by Gasteiger charge is 2.51. The first kappa shape index (κ1) is 9.65. The molecule has 0 aromatic carbocycles. The zero-order valence-corrected chi connectivity index (χ0v) is 8.27. The first-order chi connectivity index (χ1) is 6.65. The molecule has 2 aliphatic rings. The van der Waals surface area contributed by atoms with Crippen LogP contribution in [0.15, 0.2) is 0 Å². The number of likely N-dealkylation sites (tertiary alicyclic amines) is 1. The maximum absolute atomic E-state index is 11.7. The second-order valence-electron chi connectivity index (χ2n) is 4.34. The molecule has 4 nitrogen and oxygen atoms in total. The summed E-state index contributed by atoms with van der Waals surface area (Å²) >= 11 is 0. The summed E-state index contributed by atoms with van der Waals surface area (Å²) in [6.07, 6.45) is 1.66. The normalized spacial score (nSPS) is 36.7. The Hall–Kier alpha value is -0.900. The van der Waals surface area contributed by atoms with Gasteiger partial charge in [-0.1, -0.05) is 6.92 Å². The third-order valence-corrected chi connectivity index (χ3v) is 3.29. The van der Waals surface area contributed by atoms with Crippen LogP contribution in [0.1, 0.15) is 19.8 Å². The summed E-state index contributed by atoms with van der Waals surface area (Å²) in [4.78, 5) is 24.7. The Balaban J connectivity index is 2.15. The number of β-amino-alcohol motifs (C(OH)–C–C–N with tert-alkyl or cyclic N) is 1. The summed E-state index contributed by atoms with van der Waals surface area (Å²) < 4.78 is 0. The monoisotopic (exact) mass is 197 g/mol. The maximum Gasteiger partial charge on any atom is 0.233 e.